The van der Waals surface area contributed by atoms with Gasteiger partial charge in [-0.05, 0) is 36.0 Å². The van der Waals surface area contributed by atoms with Crippen LogP contribution in [0.25, 0.3) is 0 Å². The lowest BCUT2D eigenvalue weighted by Crippen LogP contribution is -2.32. The Labute approximate surface area is 152 Å². The van der Waals surface area contributed by atoms with Crippen LogP contribution in [0, 0.1) is 0 Å². The maximum absolute atomic E-state index is 6.47. The molecule has 2 nitrogen and oxygen atoms in total. The van der Waals surface area contributed by atoms with Crippen molar-refractivity contribution in [1.82, 2.24) is 0 Å². The molecule has 2 aromatic carbocycles. The number of rotatable bonds is 3. The molecule has 2 aromatic rings. The van der Waals surface area contributed by atoms with Gasteiger partial charge >= 0.3 is 0 Å². The van der Waals surface area contributed by atoms with Crippen LogP contribution in [0.2, 0.25) is 0 Å². The lowest BCUT2D eigenvalue weighted by atomic mass is 9.97. The third kappa shape index (κ3) is 3.09. The number of hydrogen-bond acceptors (Lipinski definition) is 4. The van der Waals surface area contributed by atoms with Gasteiger partial charge in [-0.3, -0.25) is 0 Å². The van der Waals surface area contributed by atoms with Crippen LogP contribution in [0.15, 0.2) is 65.7 Å². The van der Waals surface area contributed by atoms with E-state index >= 15 is 0 Å². The highest BCUT2D eigenvalue weighted by Crippen LogP contribution is 2.49. The molecule has 0 N–H and O–H groups in total. The molecule has 4 rings (SSSR count). The average Bonchev–Trinajstić information content (AvgIpc) is 3.10. The van der Waals surface area contributed by atoms with Crippen molar-refractivity contribution in [3.63, 3.8) is 0 Å². The summed E-state index contributed by atoms with van der Waals surface area (Å²) in [6.45, 7) is 2.26. The van der Waals surface area contributed by atoms with Gasteiger partial charge in [0, 0.05) is 0 Å². The fourth-order valence-corrected chi connectivity index (χ4v) is 6.01. The third-order valence-corrected chi connectivity index (χ3v) is 7.63. The minimum Gasteiger partial charge on any atom is -0.468 e. The summed E-state index contributed by atoms with van der Waals surface area (Å²) in [6.07, 6.45) is 1.23. The van der Waals surface area contributed by atoms with E-state index in [4.69, 9.17) is 9.73 Å². The standard InChI is InChI=1S/C20H21NOS2/c1-20(23-13-8-14-24-20)19-21-17(15-9-4-2-5-10-15)18(22-19)16-11-6-3-7-12-16/h2-7,9-12,17-18H,8,13-14H2,1H3/t17-,18-/m1/s1. The van der Waals surface area contributed by atoms with Gasteiger partial charge in [0.15, 0.2) is 6.10 Å². The monoisotopic (exact) mass is 355 g/mol. The first-order valence-electron chi connectivity index (χ1n) is 8.39. The van der Waals surface area contributed by atoms with Gasteiger partial charge in [-0.15, -0.1) is 23.5 Å². The van der Waals surface area contributed by atoms with Crippen molar-refractivity contribution in [2.45, 2.75) is 29.6 Å². The molecule has 1 saturated heterocycles. The van der Waals surface area contributed by atoms with Gasteiger partial charge < -0.3 is 4.74 Å². The summed E-state index contributed by atoms with van der Waals surface area (Å²) in [5.74, 6) is 3.26. The number of ether oxygens (including phenoxy) is 1. The summed E-state index contributed by atoms with van der Waals surface area (Å²) in [6, 6.07) is 21.0. The van der Waals surface area contributed by atoms with Crippen molar-refractivity contribution in [2.75, 3.05) is 11.5 Å². The van der Waals surface area contributed by atoms with Crippen molar-refractivity contribution >= 4 is 29.4 Å². The number of thioether (sulfide) groups is 2. The lowest BCUT2D eigenvalue weighted by molar-refractivity contribution is 0.192. The molecule has 124 valence electrons. The van der Waals surface area contributed by atoms with Crippen LogP contribution in [-0.4, -0.2) is 21.5 Å². The summed E-state index contributed by atoms with van der Waals surface area (Å²) in [4.78, 5) is 5.06. The van der Waals surface area contributed by atoms with Gasteiger partial charge in [-0.25, -0.2) is 4.99 Å². The van der Waals surface area contributed by atoms with E-state index in [0.29, 0.717) is 0 Å². The van der Waals surface area contributed by atoms with Crippen LogP contribution in [-0.2, 0) is 4.74 Å². The largest absolute Gasteiger partial charge is 0.468 e. The van der Waals surface area contributed by atoms with E-state index in [0.717, 1.165) is 5.90 Å². The van der Waals surface area contributed by atoms with Crippen LogP contribution >= 0.6 is 23.5 Å². The second kappa shape index (κ2) is 6.85. The summed E-state index contributed by atoms with van der Waals surface area (Å²) < 4.78 is 6.40. The SMILES string of the molecule is CC1(C2=N[C@H](c3ccccc3)[C@@H](c3ccccc3)O2)SCCCS1. The van der Waals surface area contributed by atoms with Gasteiger partial charge in [0.2, 0.25) is 5.90 Å². The highest BCUT2D eigenvalue weighted by atomic mass is 32.2. The van der Waals surface area contributed by atoms with Gasteiger partial charge in [-0.1, -0.05) is 60.7 Å². The number of nitrogens with zero attached hydrogens (tertiary/aromatic N) is 1. The third-order valence-electron chi connectivity index (χ3n) is 4.48. The summed E-state index contributed by atoms with van der Waals surface area (Å²) >= 11 is 3.93. The maximum Gasteiger partial charge on any atom is 0.211 e. The smallest absolute Gasteiger partial charge is 0.211 e. The van der Waals surface area contributed by atoms with Crippen LogP contribution in [0.4, 0.5) is 0 Å². The quantitative estimate of drug-likeness (QED) is 0.727. The first kappa shape index (κ1) is 16.1. The van der Waals surface area contributed by atoms with Crippen molar-refractivity contribution in [3.05, 3.63) is 71.8 Å². The Morgan fingerprint density at radius 2 is 1.50 bits per heavy atom. The summed E-state index contributed by atoms with van der Waals surface area (Å²) in [5, 5.41) is 0. The normalized spacial score (nSPS) is 25.8. The first-order valence-corrected chi connectivity index (χ1v) is 10.4. The molecule has 2 aliphatic heterocycles. The Hall–Kier alpha value is -1.39. The molecule has 24 heavy (non-hydrogen) atoms. The fraction of sp³-hybridized carbons (Fsp3) is 0.350. The van der Waals surface area contributed by atoms with E-state index in [1.165, 1.54) is 29.1 Å². The minimum absolute atomic E-state index is 0.0311. The molecule has 0 bridgehead atoms. The molecule has 0 spiro atoms. The molecule has 0 unspecified atom stereocenters. The molecule has 1 fully saturated rings. The second-order valence-corrected chi connectivity index (χ2v) is 9.52. The van der Waals surface area contributed by atoms with Crippen LogP contribution in [0.5, 0.6) is 0 Å². The Morgan fingerprint density at radius 3 is 2.12 bits per heavy atom. The Morgan fingerprint density at radius 1 is 0.917 bits per heavy atom. The van der Waals surface area contributed by atoms with E-state index in [2.05, 4.69) is 61.5 Å². The predicted molar refractivity (Wildman–Crippen MR) is 105 cm³/mol. The molecule has 0 aromatic heterocycles. The van der Waals surface area contributed by atoms with Gasteiger partial charge in [0.1, 0.15) is 10.1 Å². The van der Waals surface area contributed by atoms with Crippen LogP contribution in [0.1, 0.15) is 36.6 Å². The van der Waals surface area contributed by atoms with Crippen molar-refractivity contribution in [2.24, 2.45) is 4.99 Å². The molecule has 4 heteroatoms. The zero-order chi connectivity index (χ0) is 16.4. The topological polar surface area (TPSA) is 21.6 Å². The molecule has 0 aliphatic carbocycles. The average molecular weight is 356 g/mol. The van der Waals surface area contributed by atoms with E-state index in [1.54, 1.807) is 0 Å². The van der Waals surface area contributed by atoms with E-state index < -0.39 is 0 Å². The van der Waals surface area contributed by atoms with Gasteiger partial charge in [-0.2, -0.15) is 0 Å². The van der Waals surface area contributed by atoms with Crippen molar-refractivity contribution < 1.29 is 4.74 Å². The van der Waals surface area contributed by atoms with E-state index in [1.807, 2.05) is 29.6 Å². The lowest BCUT2D eigenvalue weighted by Gasteiger charge is -2.31. The maximum atomic E-state index is 6.47. The number of aliphatic imine (C=N–C) groups is 1. The zero-order valence-electron chi connectivity index (χ0n) is 13.7. The summed E-state index contributed by atoms with van der Waals surface area (Å²) in [5.41, 5.74) is 2.41. The van der Waals surface area contributed by atoms with Gasteiger partial charge in [0.05, 0.1) is 0 Å². The molecular formula is C20H21NOS2. The van der Waals surface area contributed by atoms with E-state index in [9.17, 15) is 0 Å². The Bertz CT molecular complexity index is 711. The highest BCUT2D eigenvalue weighted by Gasteiger charge is 2.43. The first-order chi connectivity index (χ1) is 11.8. The molecule has 0 radical (unpaired) electrons. The number of benzene rings is 2. The molecular weight excluding hydrogens is 334 g/mol. The molecule has 2 heterocycles. The zero-order valence-corrected chi connectivity index (χ0v) is 15.4. The Kier molecular flexibility index (Phi) is 4.59. The van der Waals surface area contributed by atoms with Crippen molar-refractivity contribution in [1.29, 1.82) is 0 Å². The second-order valence-electron chi connectivity index (χ2n) is 6.24. The minimum atomic E-state index is -0.0607. The molecule has 2 atom stereocenters. The molecule has 0 saturated carbocycles. The van der Waals surface area contributed by atoms with Crippen LogP contribution < -0.4 is 0 Å². The summed E-state index contributed by atoms with van der Waals surface area (Å²) in [7, 11) is 0. The van der Waals surface area contributed by atoms with Crippen LogP contribution in [0.3, 0.4) is 0 Å². The van der Waals surface area contributed by atoms with Crippen molar-refractivity contribution in [3.8, 4) is 0 Å². The molecule has 0 amide bonds. The van der Waals surface area contributed by atoms with Gasteiger partial charge in [0.25, 0.3) is 0 Å². The van der Waals surface area contributed by atoms with E-state index in [-0.39, 0.29) is 16.2 Å². The highest BCUT2D eigenvalue weighted by molar-refractivity contribution is 8.19. The molecule has 2 aliphatic rings. The fourth-order valence-electron chi connectivity index (χ4n) is 3.18. The number of hydrogen-bond donors (Lipinski definition) is 0. The predicted octanol–water partition coefficient (Wildman–Crippen LogP) is 5.48. The Balaban J connectivity index is 1.70.